The summed E-state index contributed by atoms with van der Waals surface area (Å²) in [5.41, 5.74) is 9.04. The highest BCUT2D eigenvalue weighted by molar-refractivity contribution is 5.59. The van der Waals surface area contributed by atoms with Crippen LogP contribution >= 0.6 is 0 Å². The first-order valence-corrected chi connectivity index (χ1v) is 5.87. The van der Waals surface area contributed by atoms with E-state index in [0.29, 0.717) is 5.92 Å². The van der Waals surface area contributed by atoms with Crippen molar-refractivity contribution >= 4 is 11.4 Å². The Labute approximate surface area is 96.9 Å². The summed E-state index contributed by atoms with van der Waals surface area (Å²) in [5.74, 6) is 0.330. The average Bonchev–Trinajstić information content (AvgIpc) is 2.26. The van der Waals surface area contributed by atoms with E-state index in [0.717, 1.165) is 30.8 Å². The standard InChI is InChI=1S/C13H20N2O/c1-9-3-4-11(7-12(9)14)15-6-5-13(16)10(2)8-15/h3-4,7,10,13,16H,5-6,8,14H2,1-2H3. The van der Waals surface area contributed by atoms with Crippen LogP contribution in [-0.2, 0) is 0 Å². The van der Waals surface area contributed by atoms with Gasteiger partial charge in [-0.1, -0.05) is 13.0 Å². The lowest BCUT2D eigenvalue weighted by Gasteiger charge is -2.36. The van der Waals surface area contributed by atoms with Crippen molar-refractivity contribution in [2.45, 2.75) is 26.4 Å². The molecule has 1 aromatic carbocycles. The molecule has 0 aromatic heterocycles. The molecule has 1 aliphatic rings. The summed E-state index contributed by atoms with van der Waals surface area (Å²) in [6.07, 6.45) is 0.689. The molecule has 2 rings (SSSR count). The van der Waals surface area contributed by atoms with E-state index in [-0.39, 0.29) is 6.10 Å². The molecule has 1 aliphatic heterocycles. The molecule has 2 atom stereocenters. The zero-order valence-corrected chi connectivity index (χ0v) is 9.98. The molecule has 0 spiro atoms. The minimum absolute atomic E-state index is 0.154. The smallest absolute Gasteiger partial charge is 0.0599 e. The van der Waals surface area contributed by atoms with Gasteiger partial charge >= 0.3 is 0 Å². The fourth-order valence-electron chi connectivity index (χ4n) is 2.19. The predicted octanol–water partition coefficient (Wildman–Crippen LogP) is 1.78. The second kappa shape index (κ2) is 4.34. The number of aliphatic hydroxyl groups excluding tert-OH is 1. The van der Waals surface area contributed by atoms with Crippen molar-refractivity contribution in [3.05, 3.63) is 23.8 Å². The number of rotatable bonds is 1. The quantitative estimate of drug-likeness (QED) is 0.709. The summed E-state index contributed by atoms with van der Waals surface area (Å²) in [6, 6.07) is 6.19. The lowest BCUT2D eigenvalue weighted by Crippen LogP contribution is -2.41. The number of nitrogen functional groups attached to an aromatic ring is 1. The summed E-state index contributed by atoms with van der Waals surface area (Å²) >= 11 is 0. The van der Waals surface area contributed by atoms with Gasteiger partial charge in [-0.2, -0.15) is 0 Å². The van der Waals surface area contributed by atoms with Crippen molar-refractivity contribution in [3.8, 4) is 0 Å². The fourth-order valence-corrected chi connectivity index (χ4v) is 2.19. The second-order valence-electron chi connectivity index (χ2n) is 4.82. The van der Waals surface area contributed by atoms with Gasteiger partial charge in [0, 0.05) is 24.5 Å². The zero-order valence-electron chi connectivity index (χ0n) is 9.98. The first-order valence-electron chi connectivity index (χ1n) is 5.87. The minimum atomic E-state index is -0.154. The van der Waals surface area contributed by atoms with Crippen LogP contribution in [0.4, 0.5) is 11.4 Å². The number of nitrogens with two attached hydrogens (primary N) is 1. The Balaban J connectivity index is 2.15. The largest absolute Gasteiger partial charge is 0.398 e. The van der Waals surface area contributed by atoms with Gasteiger partial charge in [0.15, 0.2) is 0 Å². The normalized spacial score (nSPS) is 25.8. The van der Waals surface area contributed by atoms with Gasteiger partial charge in [0.25, 0.3) is 0 Å². The van der Waals surface area contributed by atoms with Crippen LogP contribution in [0.15, 0.2) is 18.2 Å². The zero-order chi connectivity index (χ0) is 11.7. The van der Waals surface area contributed by atoms with Crippen LogP contribution in [0.2, 0.25) is 0 Å². The molecule has 88 valence electrons. The third kappa shape index (κ3) is 2.14. The van der Waals surface area contributed by atoms with E-state index in [1.807, 2.05) is 13.0 Å². The third-order valence-electron chi connectivity index (χ3n) is 3.49. The van der Waals surface area contributed by atoms with E-state index in [9.17, 15) is 5.11 Å². The van der Waals surface area contributed by atoms with Crippen LogP contribution < -0.4 is 10.6 Å². The molecule has 1 heterocycles. The molecule has 3 N–H and O–H groups in total. The highest BCUT2D eigenvalue weighted by atomic mass is 16.3. The summed E-state index contributed by atoms with van der Waals surface area (Å²) < 4.78 is 0. The highest BCUT2D eigenvalue weighted by Gasteiger charge is 2.24. The number of hydrogen-bond acceptors (Lipinski definition) is 3. The first-order chi connectivity index (χ1) is 7.58. The molecule has 1 aromatic rings. The summed E-state index contributed by atoms with van der Waals surface area (Å²) in [4.78, 5) is 2.30. The predicted molar refractivity (Wildman–Crippen MR) is 67.6 cm³/mol. The maximum Gasteiger partial charge on any atom is 0.0599 e. The summed E-state index contributed by atoms with van der Waals surface area (Å²) in [7, 11) is 0. The lowest BCUT2D eigenvalue weighted by atomic mass is 9.96. The van der Waals surface area contributed by atoms with E-state index in [2.05, 4.69) is 24.0 Å². The van der Waals surface area contributed by atoms with E-state index in [1.54, 1.807) is 0 Å². The van der Waals surface area contributed by atoms with Crippen LogP contribution in [-0.4, -0.2) is 24.3 Å². The van der Waals surface area contributed by atoms with Crippen molar-refractivity contribution in [1.29, 1.82) is 0 Å². The van der Waals surface area contributed by atoms with Gasteiger partial charge in [-0.3, -0.25) is 0 Å². The topological polar surface area (TPSA) is 49.5 Å². The van der Waals surface area contributed by atoms with Crippen molar-refractivity contribution in [1.82, 2.24) is 0 Å². The van der Waals surface area contributed by atoms with Gasteiger partial charge < -0.3 is 15.7 Å². The third-order valence-corrected chi connectivity index (χ3v) is 3.49. The number of hydrogen-bond donors (Lipinski definition) is 2. The minimum Gasteiger partial charge on any atom is -0.398 e. The van der Waals surface area contributed by atoms with Gasteiger partial charge in [0.2, 0.25) is 0 Å². The molecule has 1 saturated heterocycles. The van der Waals surface area contributed by atoms with Gasteiger partial charge in [-0.15, -0.1) is 0 Å². The van der Waals surface area contributed by atoms with Gasteiger partial charge in [-0.05, 0) is 37.0 Å². The van der Waals surface area contributed by atoms with Gasteiger partial charge in [0.1, 0.15) is 0 Å². The number of aliphatic hydroxyl groups is 1. The number of nitrogens with zero attached hydrogens (tertiary/aromatic N) is 1. The maximum absolute atomic E-state index is 9.69. The summed E-state index contributed by atoms with van der Waals surface area (Å²) in [5, 5.41) is 9.69. The average molecular weight is 220 g/mol. The van der Waals surface area contributed by atoms with Gasteiger partial charge in [0.05, 0.1) is 6.10 Å². The Kier molecular flexibility index (Phi) is 3.06. The van der Waals surface area contributed by atoms with Crippen molar-refractivity contribution in [3.63, 3.8) is 0 Å². The molecule has 3 nitrogen and oxygen atoms in total. The van der Waals surface area contributed by atoms with E-state index >= 15 is 0 Å². The Morgan fingerprint density at radius 2 is 2.19 bits per heavy atom. The van der Waals surface area contributed by atoms with E-state index in [1.165, 1.54) is 5.69 Å². The number of benzene rings is 1. The van der Waals surface area contributed by atoms with Crippen molar-refractivity contribution in [2.75, 3.05) is 23.7 Å². The second-order valence-corrected chi connectivity index (χ2v) is 4.82. The molecule has 2 unspecified atom stereocenters. The van der Waals surface area contributed by atoms with Crippen LogP contribution in [0.5, 0.6) is 0 Å². The van der Waals surface area contributed by atoms with Crippen LogP contribution in [0, 0.1) is 12.8 Å². The van der Waals surface area contributed by atoms with Crippen LogP contribution in [0.25, 0.3) is 0 Å². The number of anilines is 2. The maximum atomic E-state index is 9.69. The molecule has 3 heteroatoms. The highest BCUT2D eigenvalue weighted by Crippen LogP contribution is 2.26. The van der Waals surface area contributed by atoms with Gasteiger partial charge in [-0.25, -0.2) is 0 Å². The van der Waals surface area contributed by atoms with Crippen molar-refractivity contribution < 1.29 is 5.11 Å². The van der Waals surface area contributed by atoms with Crippen LogP contribution in [0.3, 0.4) is 0 Å². The Morgan fingerprint density at radius 3 is 2.81 bits per heavy atom. The lowest BCUT2D eigenvalue weighted by molar-refractivity contribution is 0.0971. The van der Waals surface area contributed by atoms with Crippen molar-refractivity contribution in [2.24, 2.45) is 5.92 Å². The Bertz CT molecular complexity index is 378. The molecular weight excluding hydrogens is 200 g/mol. The monoisotopic (exact) mass is 220 g/mol. The number of piperidine rings is 1. The molecule has 16 heavy (non-hydrogen) atoms. The van der Waals surface area contributed by atoms with Crippen LogP contribution in [0.1, 0.15) is 18.9 Å². The molecule has 0 radical (unpaired) electrons. The first kappa shape index (κ1) is 11.3. The molecule has 0 aliphatic carbocycles. The number of aryl methyl sites for hydroxylation is 1. The molecular formula is C13H20N2O. The molecule has 0 bridgehead atoms. The Hall–Kier alpha value is -1.22. The molecule has 0 amide bonds. The fraction of sp³-hybridized carbons (Fsp3) is 0.538. The molecule has 0 saturated carbocycles. The molecule has 1 fully saturated rings. The van der Waals surface area contributed by atoms with E-state index < -0.39 is 0 Å². The summed E-state index contributed by atoms with van der Waals surface area (Å²) in [6.45, 7) is 5.92. The SMILES string of the molecule is Cc1ccc(N2CCC(O)C(C)C2)cc1N. The van der Waals surface area contributed by atoms with E-state index in [4.69, 9.17) is 5.73 Å². The Morgan fingerprint density at radius 1 is 1.44 bits per heavy atom.